The van der Waals surface area contributed by atoms with Gasteiger partial charge in [0.25, 0.3) is 0 Å². The Labute approximate surface area is 122 Å². The molecule has 4 nitrogen and oxygen atoms in total. The zero-order valence-electron chi connectivity index (χ0n) is 13.0. The molecule has 0 aromatic rings. The summed E-state index contributed by atoms with van der Waals surface area (Å²) in [4.78, 5) is 14.2. The van der Waals surface area contributed by atoms with Crippen LogP contribution >= 0.6 is 0 Å². The van der Waals surface area contributed by atoms with E-state index in [1.54, 1.807) is 0 Å². The first-order chi connectivity index (χ1) is 9.61. The fraction of sp³-hybridized carbons (Fsp3) is 0.938. The smallest absolute Gasteiger partial charge is 0.323 e. The Balaban J connectivity index is 1.91. The summed E-state index contributed by atoms with van der Waals surface area (Å²) in [5.74, 6) is 0.182. The lowest BCUT2D eigenvalue weighted by Gasteiger charge is -2.28. The van der Waals surface area contributed by atoms with Gasteiger partial charge in [-0.2, -0.15) is 0 Å². The van der Waals surface area contributed by atoms with Gasteiger partial charge in [0.05, 0.1) is 0 Å². The minimum Gasteiger partial charge on any atom is -0.480 e. The number of carboxylic acid groups (broad SMARTS) is 1. The molecule has 1 aliphatic carbocycles. The highest BCUT2D eigenvalue weighted by molar-refractivity contribution is 5.79. The quantitative estimate of drug-likeness (QED) is 0.753. The monoisotopic (exact) mass is 282 g/mol. The van der Waals surface area contributed by atoms with Crippen molar-refractivity contribution in [3.63, 3.8) is 0 Å². The Kier molecular flexibility index (Phi) is 5.44. The molecule has 0 bridgehead atoms. The third-order valence-corrected chi connectivity index (χ3v) is 5.14. The van der Waals surface area contributed by atoms with E-state index in [0.717, 1.165) is 38.1 Å². The number of likely N-dealkylation sites (tertiary alicyclic amines) is 1. The van der Waals surface area contributed by atoms with E-state index in [4.69, 9.17) is 0 Å². The molecule has 4 heteroatoms. The first kappa shape index (κ1) is 15.8. The fourth-order valence-corrected chi connectivity index (χ4v) is 3.96. The molecule has 2 aliphatic rings. The molecule has 1 saturated heterocycles. The topological polar surface area (TPSA) is 52.6 Å². The summed E-state index contributed by atoms with van der Waals surface area (Å²) in [6.45, 7) is 7.49. The van der Waals surface area contributed by atoms with Crippen molar-refractivity contribution >= 4 is 5.97 Å². The normalized spacial score (nSPS) is 34.7. The highest BCUT2D eigenvalue weighted by Gasteiger charge is 2.47. The first-order valence-corrected chi connectivity index (χ1v) is 8.33. The van der Waals surface area contributed by atoms with Crippen LogP contribution < -0.4 is 5.32 Å². The average molecular weight is 282 g/mol. The molecule has 1 saturated carbocycles. The van der Waals surface area contributed by atoms with Crippen LogP contribution in [0.1, 0.15) is 58.8 Å². The number of nitrogens with zero attached hydrogens (tertiary/aromatic N) is 1. The summed E-state index contributed by atoms with van der Waals surface area (Å²) < 4.78 is 0. The molecular weight excluding hydrogens is 252 g/mol. The standard InChI is InChI=1S/C16H30N2O2/c1-3-5-13-7-10-18(12-13)14-6-8-16(11-14,15(19)20)17-9-4-2/h13-14,17H,3-12H2,1-2H3,(H,19,20). The molecule has 3 unspecified atom stereocenters. The van der Waals surface area contributed by atoms with Crippen LogP contribution in [0, 0.1) is 5.92 Å². The summed E-state index contributed by atoms with van der Waals surface area (Å²) in [6.07, 6.45) is 7.46. The van der Waals surface area contributed by atoms with E-state index in [-0.39, 0.29) is 0 Å². The van der Waals surface area contributed by atoms with E-state index in [0.29, 0.717) is 6.04 Å². The number of carbonyl (C=O) groups is 1. The van der Waals surface area contributed by atoms with Gasteiger partial charge in [-0.1, -0.05) is 20.3 Å². The number of aliphatic carboxylic acids is 1. The number of carboxylic acids is 1. The molecule has 0 spiro atoms. The van der Waals surface area contributed by atoms with Crippen LogP contribution in [-0.4, -0.2) is 47.2 Å². The van der Waals surface area contributed by atoms with E-state index in [1.165, 1.54) is 32.4 Å². The number of rotatable bonds is 7. The minimum atomic E-state index is -0.663. The Morgan fingerprint density at radius 2 is 2.15 bits per heavy atom. The van der Waals surface area contributed by atoms with Gasteiger partial charge in [-0.05, 0) is 57.5 Å². The third kappa shape index (κ3) is 3.34. The van der Waals surface area contributed by atoms with Crippen LogP contribution in [0.25, 0.3) is 0 Å². The second kappa shape index (κ2) is 6.90. The van der Waals surface area contributed by atoms with E-state index < -0.39 is 11.5 Å². The van der Waals surface area contributed by atoms with Crippen LogP contribution in [0.4, 0.5) is 0 Å². The lowest BCUT2D eigenvalue weighted by Crippen LogP contribution is -2.51. The van der Waals surface area contributed by atoms with Gasteiger partial charge < -0.3 is 15.3 Å². The van der Waals surface area contributed by atoms with Crippen molar-refractivity contribution < 1.29 is 9.90 Å². The summed E-state index contributed by atoms with van der Waals surface area (Å²) in [5, 5.41) is 12.9. The van der Waals surface area contributed by atoms with Gasteiger partial charge in [0, 0.05) is 12.6 Å². The first-order valence-electron chi connectivity index (χ1n) is 8.33. The maximum absolute atomic E-state index is 11.7. The molecule has 3 atom stereocenters. The van der Waals surface area contributed by atoms with Crippen LogP contribution in [-0.2, 0) is 4.79 Å². The zero-order valence-corrected chi connectivity index (χ0v) is 13.0. The highest BCUT2D eigenvalue weighted by atomic mass is 16.4. The molecule has 0 aromatic heterocycles. The number of hydrogen-bond acceptors (Lipinski definition) is 3. The zero-order chi connectivity index (χ0) is 14.6. The van der Waals surface area contributed by atoms with Gasteiger partial charge in [0.2, 0.25) is 0 Å². The van der Waals surface area contributed by atoms with E-state index in [9.17, 15) is 9.90 Å². The molecule has 2 fully saturated rings. The minimum absolute atomic E-state index is 0.470. The maximum atomic E-state index is 11.7. The van der Waals surface area contributed by atoms with E-state index in [2.05, 4.69) is 24.1 Å². The van der Waals surface area contributed by atoms with Gasteiger partial charge in [-0.25, -0.2) is 0 Å². The Morgan fingerprint density at radius 1 is 1.35 bits per heavy atom. The summed E-state index contributed by atoms with van der Waals surface area (Å²) >= 11 is 0. The van der Waals surface area contributed by atoms with Crippen LogP contribution in [0.15, 0.2) is 0 Å². The van der Waals surface area contributed by atoms with Crippen molar-refractivity contribution in [2.24, 2.45) is 5.92 Å². The van der Waals surface area contributed by atoms with Gasteiger partial charge in [-0.3, -0.25) is 4.79 Å². The molecule has 0 aromatic carbocycles. The van der Waals surface area contributed by atoms with Crippen molar-refractivity contribution in [3.8, 4) is 0 Å². The largest absolute Gasteiger partial charge is 0.480 e. The molecule has 2 N–H and O–H groups in total. The SMILES string of the molecule is CCCNC1(C(=O)O)CCC(N2CCC(CCC)C2)C1. The molecule has 1 heterocycles. The van der Waals surface area contributed by atoms with Gasteiger partial charge in [0.1, 0.15) is 5.54 Å². The molecule has 1 aliphatic heterocycles. The third-order valence-electron chi connectivity index (χ3n) is 5.14. The molecular formula is C16H30N2O2. The van der Waals surface area contributed by atoms with Gasteiger partial charge >= 0.3 is 5.97 Å². The van der Waals surface area contributed by atoms with Crippen molar-refractivity contribution in [3.05, 3.63) is 0 Å². The van der Waals surface area contributed by atoms with Crippen molar-refractivity contribution in [1.82, 2.24) is 10.2 Å². The number of hydrogen-bond donors (Lipinski definition) is 2. The van der Waals surface area contributed by atoms with Crippen molar-refractivity contribution in [1.29, 1.82) is 0 Å². The second-order valence-corrected chi connectivity index (χ2v) is 6.65. The van der Waals surface area contributed by atoms with Crippen LogP contribution in [0.5, 0.6) is 0 Å². The average Bonchev–Trinajstić information content (AvgIpc) is 3.04. The molecule has 2 rings (SSSR count). The summed E-state index contributed by atoms with van der Waals surface area (Å²) in [5.41, 5.74) is -0.663. The summed E-state index contributed by atoms with van der Waals surface area (Å²) in [7, 11) is 0. The molecule has 0 radical (unpaired) electrons. The van der Waals surface area contributed by atoms with Crippen molar-refractivity contribution in [2.75, 3.05) is 19.6 Å². The Hall–Kier alpha value is -0.610. The molecule has 0 amide bonds. The Morgan fingerprint density at radius 3 is 2.80 bits per heavy atom. The van der Waals surface area contributed by atoms with Crippen molar-refractivity contribution in [2.45, 2.75) is 70.4 Å². The highest BCUT2D eigenvalue weighted by Crippen LogP contribution is 2.36. The van der Waals surface area contributed by atoms with E-state index in [1.807, 2.05) is 0 Å². The van der Waals surface area contributed by atoms with Crippen LogP contribution in [0.3, 0.4) is 0 Å². The fourth-order valence-electron chi connectivity index (χ4n) is 3.96. The lowest BCUT2D eigenvalue weighted by atomic mass is 9.97. The predicted octanol–water partition coefficient (Wildman–Crippen LogP) is 2.48. The predicted molar refractivity (Wildman–Crippen MR) is 80.9 cm³/mol. The lowest BCUT2D eigenvalue weighted by molar-refractivity contribution is -0.144. The maximum Gasteiger partial charge on any atom is 0.323 e. The van der Waals surface area contributed by atoms with Gasteiger partial charge in [-0.15, -0.1) is 0 Å². The molecule has 20 heavy (non-hydrogen) atoms. The summed E-state index contributed by atoms with van der Waals surface area (Å²) in [6, 6.07) is 0.470. The number of nitrogens with one attached hydrogen (secondary N) is 1. The van der Waals surface area contributed by atoms with Gasteiger partial charge in [0.15, 0.2) is 0 Å². The van der Waals surface area contributed by atoms with Crippen LogP contribution in [0.2, 0.25) is 0 Å². The second-order valence-electron chi connectivity index (χ2n) is 6.65. The Bertz CT molecular complexity index is 334. The van der Waals surface area contributed by atoms with E-state index >= 15 is 0 Å². The molecule has 116 valence electrons.